The summed E-state index contributed by atoms with van der Waals surface area (Å²) in [6, 6.07) is 10.1. The van der Waals surface area contributed by atoms with Crippen molar-refractivity contribution >= 4 is 5.91 Å². The van der Waals surface area contributed by atoms with Crippen LogP contribution in [0.3, 0.4) is 0 Å². The SMILES string of the molecule is O=C(NCC1CCCCC1)c1nnn2c1CO[C@H](c1ccccc1)C2. The van der Waals surface area contributed by atoms with Gasteiger partial charge >= 0.3 is 0 Å². The number of carbonyl (C=O) groups is 1. The summed E-state index contributed by atoms with van der Waals surface area (Å²) in [5.41, 5.74) is 2.29. The molecule has 4 rings (SSSR count). The molecule has 1 amide bonds. The number of amides is 1. The third-order valence-electron chi connectivity index (χ3n) is 5.26. The predicted molar refractivity (Wildman–Crippen MR) is 92.9 cm³/mol. The van der Waals surface area contributed by atoms with Gasteiger partial charge < -0.3 is 10.1 Å². The fourth-order valence-electron chi connectivity index (χ4n) is 3.77. The monoisotopic (exact) mass is 340 g/mol. The van der Waals surface area contributed by atoms with Crippen molar-refractivity contribution in [1.29, 1.82) is 0 Å². The lowest BCUT2D eigenvalue weighted by atomic mass is 9.89. The average Bonchev–Trinajstić information content (AvgIpc) is 3.11. The van der Waals surface area contributed by atoms with Gasteiger partial charge in [-0.25, -0.2) is 4.68 Å². The molecule has 0 unspecified atom stereocenters. The van der Waals surface area contributed by atoms with E-state index in [1.165, 1.54) is 32.1 Å². The van der Waals surface area contributed by atoms with Crippen LogP contribution in [0, 0.1) is 5.92 Å². The normalized spacial score (nSPS) is 20.9. The van der Waals surface area contributed by atoms with E-state index >= 15 is 0 Å². The molecule has 1 aromatic heterocycles. The summed E-state index contributed by atoms with van der Waals surface area (Å²) in [5, 5.41) is 11.3. The van der Waals surface area contributed by atoms with Crippen LogP contribution in [0.2, 0.25) is 0 Å². The van der Waals surface area contributed by atoms with E-state index < -0.39 is 0 Å². The molecule has 6 heteroatoms. The van der Waals surface area contributed by atoms with Crippen LogP contribution in [-0.2, 0) is 17.9 Å². The minimum absolute atomic E-state index is 0.0476. The molecule has 1 fully saturated rings. The van der Waals surface area contributed by atoms with Crippen LogP contribution in [0.1, 0.15) is 60.0 Å². The summed E-state index contributed by atoms with van der Waals surface area (Å²) in [6.07, 6.45) is 6.24. The Kier molecular flexibility index (Phi) is 4.78. The van der Waals surface area contributed by atoms with Gasteiger partial charge in [0.2, 0.25) is 0 Å². The van der Waals surface area contributed by atoms with Crippen molar-refractivity contribution in [2.45, 2.75) is 51.4 Å². The Balaban J connectivity index is 1.40. The zero-order valence-electron chi connectivity index (χ0n) is 14.4. The van der Waals surface area contributed by atoms with Crippen molar-refractivity contribution in [2.75, 3.05) is 6.54 Å². The van der Waals surface area contributed by atoms with Crippen LogP contribution in [0.5, 0.6) is 0 Å². The van der Waals surface area contributed by atoms with Crippen molar-refractivity contribution in [1.82, 2.24) is 20.3 Å². The molecule has 1 aromatic carbocycles. The highest BCUT2D eigenvalue weighted by molar-refractivity contribution is 5.93. The topological polar surface area (TPSA) is 69.0 Å². The zero-order chi connectivity index (χ0) is 17.1. The fourth-order valence-corrected chi connectivity index (χ4v) is 3.77. The van der Waals surface area contributed by atoms with E-state index in [-0.39, 0.29) is 12.0 Å². The number of aromatic nitrogens is 3. The molecule has 1 atom stereocenters. The Morgan fingerprint density at radius 1 is 1.20 bits per heavy atom. The first kappa shape index (κ1) is 16.3. The van der Waals surface area contributed by atoms with Gasteiger partial charge in [-0.15, -0.1) is 5.10 Å². The maximum absolute atomic E-state index is 12.5. The summed E-state index contributed by atoms with van der Waals surface area (Å²) in [6.45, 7) is 1.68. The Bertz CT molecular complexity index is 722. The summed E-state index contributed by atoms with van der Waals surface area (Å²) >= 11 is 0. The number of rotatable bonds is 4. The molecule has 0 saturated heterocycles. The number of hydrogen-bond acceptors (Lipinski definition) is 4. The van der Waals surface area contributed by atoms with E-state index in [4.69, 9.17) is 4.74 Å². The molecule has 1 aliphatic heterocycles. The molecule has 1 N–H and O–H groups in total. The maximum atomic E-state index is 12.5. The molecular weight excluding hydrogens is 316 g/mol. The lowest BCUT2D eigenvalue weighted by Crippen LogP contribution is -2.32. The molecule has 0 bridgehead atoms. The van der Waals surface area contributed by atoms with Crippen LogP contribution in [0.25, 0.3) is 0 Å². The Morgan fingerprint density at radius 3 is 2.80 bits per heavy atom. The smallest absolute Gasteiger partial charge is 0.273 e. The first-order valence-corrected chi connectivity index (χ1v) is 9.18. The van der Waals surface area contributed by atoms with Crippen LogP contribution in [0.4, 0.5) is 0 Å². The molecule has 2 aromatic rings. The Hall–Kier alpha value is -2.21. The largest absolute Gasteiger partial charge is 0.365 e. The molecule has 0 spiro atoms. The number of hydrogen-bond donors (Lipinski definition) is 1. The molecule has 1 saturated carbocycles. The van der Waals surface area contributed by atoms with Gasteiger partial charge in [0.15, 0.2) is 5.69 Å². The standard InChI is InChI=1S/C19H24N4O2/c24-19(20-11-14-7-3-1-4-8-14)18-16-13-25-17(12-23(16)22-21-18)15-9-5-2-6-10-15/h2,5-6,9-10,14,17H,1,3-4,7-8,11-13H2,(H,20,24)/t17-/m0/s1. The van der Waals surface area contributed by atoms with Crippen LogP contribution < -0.4 is 5.32 Å². The van der Waals surface area contributed by atoms with Gasteiger partial charge in [-0.3, -0.25) is 4.79 Å². The van der Waals surface area contributed by atoms with Crippen LogP contribution in [-0.4, -0.2) is 27.4 Å². The summed E-state index contributed by atoms with van der Waals surface area (Å²) < 4.78 is 7.76. The van der Waals surface area contributed by atoms with E-state index in [9.17, 15) is 4.79 Å². The van der Waals surface area contributed by atoms with Crippen molar-refractivity contribution in [3.63, 3.8) is 0 Å². The maximum Gasteiger partial charge on any atom is 0.273 e. The molecular formula is C19H24N4O2. The van der Waals surface area contributed by atoms with Crippen molar-refractivity contribution < 1.29 is 9.53 Å². The highest BCUT2D eigenvalue weighted by Crippen LogP contribution is 2.27. The summed E-state index contributed by atoms with van der Waals surface area (Å²) in [7, 11) is 0. The van der Waals surface area contributed by atoms with E-state index in [1.807, 2.05) is 30.3 Å². The van der Waals surface area contributed by atoms with Gasteiger partial charge in [0.25, 0.3) is 5.91 Å². The average molecular weight is 340 g/mol. The first-order valence-electron chi connectivity index (χ1n) is 9.18. The molecule has 25 heavy (non-hydrogen) atoms. The number of nitrogens with one attached hydrogen (secondary N) is 1. The quantitative estimate of drug-likeness (QED) is 0.929. The third kappa shape index (κ3) is 3.58. The highest BCUT2D eigenvalue weighted by Gasteiger charge is 2.27. The minimum atomic E-state index is -0.131. The van der Waals surface area contributed by atoms with Crippen molar-refractivity contribution in [3.8, 4) is 0 Å². The first-order chi connectivity index (χ1) is 12.3. The second-order valence-corrected chi connectivity index (χ2v) is 6.99. The predicted octanol–water partition coefficient (Wildman–Crippen LogP) is 2.86. The van der Waals surface area contributed by atoms with Crippen LogP contribution >= 0.6 is 0 Å². The summed E-state index contributed by atoms with van der Waals surface area (Å²) in [4.78, 5) is 12.5. The molecule has 1 aliphatic carbocycles. The van der Waals surface area contributed by atoms with Gasteiger partial charge in [0.1, 0.15) is 6.10 Å². The van der Waals surface area contributed by atoms with Crippen molar-refractivity contribution in [2.24, 2.45) is 5.92 Å². The number of fused-ring (bicyclic) bond motifs is 1. The lowest BCUT2D eigenvalue weighted by Gasteiger charge is -2.24. The van der Waals surface area contributed by atoms with Gasteiger partial charge in [0, 0.05) is 6.54 Å². The van der Waals surface area contributed by atoms with Gasteiger partial charge in [-0.2, -0.15) is 0 Å². The van der Waals surface area contributed by atoms with Crippen molar-refractivity contribution in [3.05, 3.63) is 47.3 Å². The van der Waals surface area contributed by atoms with Gasteiger partial charge in [-0.05, 0) is 24.3 Å². The lowest BCUT2D eigenvalue weighted by molar-refractivity contribution is -0.00177. The summed E-state index contributed by atoms with van der Waals surface area (Å²) in [5.74, 6) is 0.469. The molecule has 2 heterocycles. The second kappa shape index (κ2) is 7.35. The second-order valence-electron chi connectivity index (χ2n) is 6.99. The Labute approximate surface area is 147 Å². The third-order valence-corrected chi connectivity index (χ3v) is 5.26. The Morgan fingerprint density at radius 2 is 2.00 bits per heavy atom. The minimum Gasteiger partial charge on any atom is -0.365 e. The highest BCUT2D eigenvalue weighted by atomic mass is 16.5. The number of benzene rings is 1. The molecule has 2 aliphatic rings. The molecule has 132 valence electrons. The van der Waals surface area contributed by atoms with Gasteiger partial charge in [-0.1, -0.05) is 54.8 Å². The van der Waals surface area contributed by atoms with Crippen LogP contribution in [0.15, 0.2) is 30.3 Å². The van der Waals surface area contributed by atoms with E-state index in [2.05, 4.69) is 15.6 Å². The van der Waals surface area contributed by atoms with Gasteiger partial charge in [0.05, 0.1) is 18.8 Å². The molecule has 0 radical (unpaired) electrons. The number of ether oxygens (including phenoxy) is 1. The van der Waals surface area contributed by atoms with E-state index in [1.54, 1.807) is 4.68 Å². The number of carbonyl (C=O) groups excluding carboxylic acids is 1. The fraction of sp³-hybridized carbons (Fsp3) is 0.526. The van der Waals surface area contributed by atoms with E-state index in [0.717, 1.165) is 17.8 Å². The zero-order valence-corrected chi connectivity index (χ0v) is 14.4. The van der Waals surface area contributed by atoms with E-state index in [0.29, 0.717) is 24.8 Å². The molecule has 6 nitrogen and oxygen atoms in total. The number of nitrogens with zero attached hydrogens (tertiary/aromatic N) is 3.